The van der Waals surface area contributed by atoms with Crippen LogP contribution in [-0.2, 0) is 0 Å². The molecule has 0 rings (SSSR count). The Morgan fingerprint density at radius 2 is 1.80 bits per heavy atom. The molecule has 0 saturated heterocycles. The van der Waals surface area contributed by atoms with Gasteiger partial charge < -0.3 is 0 Å². The van der Waals surface area contributed by atoms with Crippen LogP contribution in [0.1, 0.15) is 41.0 Å². The second-order valence-corrected chi connectivity index (χ2v) is 4.11. The molecule has 0 aliphatic rings. The summed E-state index contributed by atoms with van der Waals surface area (Å²) in [5, 5.41) is 0. The first-order valence-electron chi connectivity index (χ1n) is 4.15. The van der Waals surface area contributed by atoms with Gasteiger partial charge in [-0.05, 0) is 11.3 Å². The molecule has 0 aliphatic heterocycles. The van der Waals surface area contributed by atoms with E-state index in [1.165, 1.54) is 6.42 Å². The van der Waals surface area contributed by atoms with E-state index in [1.807, 2.05) is 0 Å². The average molecular weight is 140 g/mol. The molecule has 0 aliphatic carbocycles. The lowest BCUT2D eigenvalue weighted by atomic mass is 9.94. The largest absolute Gasteiger partial charge is 0.0852 e. The number of rotatable bonds is 2. The first kappa shape index (κ1) is 9.74. The molecule has 0 heteroatoms. The van der Waals surface area contributed by atoms with Gasteiger partial charge >= 0.3 is 0 Å². The van der Waals surface area contributed by atoms with E-state index >= 15 is 0 Å². The summed E-state index contributed by atoms with van der Waals surface area (Å²) < 4.78 is 0. The summed E-state index contributed by atoms with van der Waals surface area (Å²) in [5.74, 6) is 0.735. The molecule has 60 valence electrons. The topological polar surface area (TPSA) is 0 Å². The highest BCUT2D eigenvalue weighted by Gasteiger charge is 2.03. The molecule has 0 aromatic rings. The van der Waals surface area contributed by atoms with Gasteiger partial charge in [-0.3, -0.25) is 0 Å². The van der Waals surface area contributed by atoms with Gasteiger partial charge in [0.2, 0.25) is 0 Å². The number of hydrogen-bond donors (Lipinski definition) is 0. The van der Waals surface area contributed by atoms with E-state index in [0.717, 1.165) is 5.92 Å². The molecule has 0 unspecified atom stereocenters. The van der Waals surface area contributed by atoms with Gasteiger partial charge in [-0.25, -0.2) is 0 Å². The maximum Gasteiger partial charge on any atom is -0.0203 e. The first-order valence-corrected chi connectivity index (χ1v) is 4.15. The molecule has 0 nitrogen and oxygen atoms in total. The fourth-order valence-electron chi connectivity index (χ4n) is 0.589. The van der Waals surface area contributed by atoms with E-state index in [0.29, 0.717) is 5.41 Å². The third-order valence-corrected chi connectivity index (χ3v) is 1.57. The molecule has 1 atom stereocenters. The minimum atomic E-state index is 0.351. The Morgan fingerprint density at radius 3 is 2.10 bits per heavy atom. The van der Waals surface area contributed by atoms with Crippen molar-refractivity contribution in [2.75, 3.05) is 0 Å². The smallest absolute Gasteiger partial charge is 0.0203 e. The van der Waals surface area contributed by atoms with Crippen LogP contribution < -0.4 is 0 Å². The number of allylic oxidation sites excluding steroid dienone is 2. The molecule has 0 amide bonds. The normalized spacial score (nSPS) is 16.1. The number of hydrogen-bond acceptors (Lipinski definition) is 0. The summed E-state index contributed by atoms with van der Waals surface area (Å²) >= 11 is 0. The zero-order valence-electron chi connectivity index (χ0n) is 7.94. The zero-order chi connectivity index (χ0) is 8.20. The lowest BCUT2D eigenvalue weighted by Crippen LogP contribution is -1.99. The van der Waals surface area contributed by atoms with Crippen molar-refractivity contribution in [3.05, 3.63) is 12.2 Å². The van der Waals surface area contributed by atoms with Crippen molar-refractivity contribution in [1.82, 2.24) is 0 Å². The van der Waals surface area contributed by atoms with E-state index in [1.54, 1.807) is 0 Å². The average Bonchev–Trinajstić information content (AvgIpc) is 1.81. The van der Waals surface area contributed by atoms with Crippen LogP contribution in [0, 0.1) is 11.3 Å². The van der Waals surface area contributed by atoms with Gasteiger partial charge in [-0.1, -0.05) is 53.2 Å². The van der Waals surface area contributed by atoms with Crippen molar-refractivity contribution in [1.29, 1.82) is 0 Å². The Balaban J connectivity index is 3.75. The summed E-state index contributed by atoms with van der Waals surface area (Å²) in [5.41, 5.74) is 0.351. The van der Waals surface area contributed by atoms with Crippen LogP contribution in [-0.4, -0.2) is 0 Å². The Kier molecular flexibility index (Phi) is 3.70. The first-order chi connectivity index (χ1) is 4.45. The molecule has 0 aromatic heterocycles. The summed E-state index contributed by atoms with van der Waals surface area (Å²) in [6.07, 6.45) is 5.84. The molecule has 0 heterocycles. The van der Waals surface area contributed by atoms with Crippen molar-refractivity contribution in [3.63, 3.8) is 0 Å². The molecular formula is C10H20. The summed E-state index contributed by atoms with van der Waals surface area (Å²) in [4.78, 5) is 0. The standard InChI is InChI=1S/C10H20/c1-6-9(2)7-8-10(3,4)5/h7-9H,6H2,1-5H3/t9-/m0/s1. The van der Waals surface area contributed by atoms with Crippen LogP contribution in [0.5, 0.6) is 0 Å². The van der Waals surface area contributed by atoms with Crippen molar-refractivity contribution in [2.45, 2.75) is 41.0 Å². The molecule has 10 heavy (non-hydrogen) atoms. The quantitative estimate of drug-likeness (QED) is 0.514. The highest BCUT2D eigenvalue weighted by molar-refractivity contribution is 4.94. The highest BCUT2D eigenvalue weighted by Crippen LogP contribution is 2.16. The Bertz CT molecular complexity index is 104. The van der Waals surface area contributed by atoms with Crippen molar-refractivity contribution >= 4 is 0 Å². The van der Waals surface area contributed by atoms with E-state index in [2.05, 4.69) is 46.8 Å². The highest BCUT2D eigenvalue weighted by atomic mass is 14.1. The second-order valence-electron chi connectivity index (χ2n) is 4.11. The molecule has 0 bridgehead atoms. The van der Waals surface area contributed by atoms with Crippen molar-refractivity contribution in [3.8, 4) is 0 Å². The molecule has 0 spiro atoms. The summed E-state index contributed by atoms with van der Waals surface area (Å²) in [7, 11) is 0. The molecule has 0 aromatic carbocycles. The molecule has 0 saturated carbocycles. The predicted molar refractivity (Wildman–Crippen MR) is 48.1 cm³/mol. The van der Waals surface area contributed by atoms with Gasteiger partial charge in [0.05, 0.1) is 0 Å². The van der Waals surface area contributed by atoms with Gasteiger partial charge in [-0.2, -0.15) is 0 Å². The van der Waals surface area contributed by atoms with E-state index in [4.69, 9.17) is 0 Å². The third kappa shape index (κ3) is 5.87. The maximum absolute atomic E-state index is 2.31. The van der Waals surface area contributed by atoms with Crippen molar-refractivity contribution in [2.24, 2.45) is 11.3 Å². The minimum absolute atomic E-state index is 0.351. The maximum atomic E-state index is 2.31. The van der Waals surface area contributed by atoms with E-state index in [9.17, 15) is 0 Å². The summed E-state index contributed by atoms with van der Waals surface area (Å²) in [6, 6.07) is 0. The van der Waals surface area contributed by atoms with Crippen LogP contribution in [0.25, 0.3) is 0 Å². The van der Waals surface area contributed by atoms with Gasteiger partial charge in [0.25, 0.3) is 0 Å². The van der Waals surface area contributed by atoms with Crippen molar-refractivity contribution < 1.29 is 0 Å². The lowest BCUT2D eigenvalue weighted by Gasteiger charge is -2.12. The van der Waals surface area contributed by atoms with Gasteiger partial charge in [-0.15, -0.1) is 0 Å². The van der Waals surface area contributed by atoms with Crippen LogP contribution in [0.4, 0.5) is 0 Å². The van der Waals surface area contributed by atoms with Gasteiger partial charge in [0, 0.05) is 0 Å². The van der Waals surface area contributed by atoms with E-state index < -0.39 is 0 Å². The molecular weight excluding hydrogens is 120 g/mol. The molecule has 0 radical (unpaired) electrons. The SMILES string of the molecule is CC[C@H](C)C=CC(C)(C)C. The Labute approximate surface area is 65.3 Å². The third-order valence-electron chi connectivity index (χ3n) is 1.57. The second kappa shape index (κ2) is 3.80. The zero-order valence-corrected chi connectivity index (χ0v) is 7.94. The van der Waals surface area contributed by atoms with Crippen LogP contribution in [0.2, 0.25) is 0 Å². The summed E-state index contributed by atoms with van der Waals surface area (Å²) in [6.45, 7) is 11.2. The molecule has 0 fully saturated rings. The van der Waals surface area contributed by atoms with Gasteiger partial charge in [0.15, 0.2) is 0 Å². The fraction of sp³-hybridized carbons (Fsp3) is 0.800. The lowest BCUT2D eigenvalue weighted by molar-refractivity contribution is 0.535. The van der Waals surface area contributed by atoms with E-state index in [-0.39, 0.29) is 0 Å². The minimum Gasteiger partial charge on any atom is -0.0852 e. The van der Waals surface area contributed by atoms with Crippen LogP contribution in [0.15, 0.2) is 12.2 Å². The predicted octanol–water partition coefficient (Wildman–Crippen LogP) is 3.63. The fourth-order valence-corrected chi connectivity index (χ4v) is 0.589. The Morgan fingerprint density at radius 1 is 1.30 bits per heavy atom. The van der Waals surface area contributed by atoms with Gasteiger partial charge in [0.1, 0.15) is 0 Å². The Hall–Kier alpha value is -0.260. The van der Waals surface area contributed by atoms with Crippen LogP contribution in [0.3, 0.4) is 0 Å². The molecule has 0 N–H and O–H groups in total. The van der Waals surface area contributed by atoms with Crippen LogP contribution >= 0.6 is 0 Å². The monoisotopic (exact) mass is 140 g/mol.